The lowest BCUT2D eigenvalue weighted by Crippen LogP contribution is -1.95. The summed E-state index contributed by atoms with van der Waals surface area (Å²) in [6.45, 7) is 1.04. The van der Waals surface area contributed by atoms with Gasteiger partial charge in [-0.1, -0.05) is 12.1 Å². The van der Waals surface area contributed by atoms with Gasteiger partial charge < -0.3 is 14.2 Å². The van der Waals surface area contributed by atoms with E-state index >= 15 is 0 Å². The standard InChI is InChI=1S/C28H19N3O6/c32-17-35-10-6-20-4-8-29-25(12-20)27-15-23(22-2-1-3-24(14-22)37-19-34)16-28(31-27)26-13-21(5-9-30-26)7-11-36-18-33/h1-19H/b10-6+,11-7+. The zero-order valence-electron chi connectivity index (χ0n) is 19.3. The first kappa shape index (κ1) is 24.7. The highest BCUT2D eigenvalue weighted by atomic mass is 16.5. The Hall–Kier alpha value is -5.44. The maximum Gasteiger partial charge on any atom is 0.298 e. The molecule has 0 spiro atoms. The minimum absolute atomic E-state index is 0.333. The summed E-state index contributed by atoms with van der Waals surface area (Å²) in [6.07, 6.45) is 9.06. The number of nitrogens with zero attached hydrogens (tertiary/aromatic N) is 3. The Kier molecular flexibility index (Phi) is 8.22. The van der Waals surface area contributed by atoms with Gasteiger partial charge in [0.1, 0.15) is 5.75 Å². The van der Waals surface area contributed by atoms with Crippen molar-refractivity contribution in [2.45, 2.75) is 0 Å². The fraction of sp³-hybridized carbons (Fsp3) is 0. The molecule has 182 valence electrons. The van der Waals surface area contributed by atoms with Gasteiger partial charge in [-0.25, -0.2) is 4.98 Å². The number of aromatic nitrogens is 3. The van der Waals surface area contributed by atoms with E-state index in [0.29, 0.717) is 47.9 Å². The van der Waals surface area contributed by atoms with E-state index in [1.165, 1.54) is 12.5 Å². The van der Waals surface area contributed by atoms with Crippen molar-refractivity contribution < 1.29 is 28.6 Å². The molecule has 37 heavy (non-hydrogen) atoms. The molecule has 0 aliphatic rings. The van der Waals surface area contributed by atoms with Gasteiger partial charge in [0.15, 0.2) is 0 Å². The van der Waals surface area contributed by atoms with E-state index in [1.54, 1.807) is 67.0 Å². The van der Waals surface area contributed by atoms with Crippen LogP contribution in [0.4, 0.5) is 0 Å². The minimum Gasteiger partial charge on any atom is -0.437 e. The third kappa shape index (κ3) is 6.58. The maximum atomic E-state index is 10.8. The molecule has 4 rings (SSSR count). The van der Waals surface area contributed by atoms with Crippen LogP contribution in [0.15, 0.2) is 85.6 Å². The molecule has 0 atom stereocenters. The smallest absolute Gasteiger partial charge is 0.298 e. The molecule has 4 aromatic rings. The number of benzene rings is 1. The number of hydrogen-bond donors (Lipinski definition) is 0. The van der Waals surface area contributed by atoms with Gasteiger partial charge in [-0.2, -0.15) is 0 Å². The molecule has 3 heterocycles. The second kappa shape index (κ2) is 12.3. The highest BCUT2D eigenvalue weighted by Gasteiger charge is 2.12. The van der Waals surface area contributed by atoms with Gasteiger partial charge in [0.05, 0.1) is 35.3 Å². The van der Waals surface area contributed by atoms with Gasteiger partial charge in [-0.15, -0.1) is 0 Å². The van der Waals surface area contributed by atoms with Crippen LogP contribution in [0.2, 0.25) is 0 Å². The topological polar surface area (TPSA) is 118 Å². The quantitative estimate of drug-likeness (QED) is 0.216. The van der Waals surface area contributed by atoms with Gasteiger partial charge in [-0.3, -0.25) is 24.4 Å². The first-order chi connectivity index (χ1) is 18.2. The zero-order valence-corrected chi connectivity index (χ0v) is 19.3. The molecule has 0 aliphatic heterocycles. The number of pyridine rings is 3. The Morgan fingerprint density at radius 2 is 1.19 bits per heavy atom. The van der Waals surface area contributed by atoms with Crippen molar-refractivity contribution in [3.8, 4) is 39.7 Å². The zero-order chi connectivity index (χ0) is 25.9. The number of carbonyl (C=O) groups excluding carboxylic acids is 3. The van der Waals surface area contributed by atoms with Crippen molar-refractivity contribution in [2.24, 2.45) is 0 Å². The van der Waals surface area contributed by atoms with Crippen LogP contribution in [0.1, 0.15) is 11.1 Å². The molecule has 0 saturated heterocycles. The lowest BCUT2D eigenvalue weighted by atomic mass is 10.0. The van der Waals surface area contributed by atoms with Gasteiger partial charge in [-0.05, 0) is 82.9 Å². The summed E-state index contributed by atoms with van der Waals surface area (Å²) in [7, 11) is 0. The fourth-order valence-corrected chi connectivity index (χ4v) is 3.45. The van der Waals surface area contributed by atoms with Crippen molar-refractivity contribution in [2.75, 3.05) is 0 Å². The van der Waals surface area contributed by atoms with Crippen LogP contribution < -0.4 is 4.74 Å². The van der Waals surface area contributed by atoms with Crippen LogP contribution in [0, 0.1) is 0 Å². The van der Waals surface area contributed by atoms with Gasteiger partial charge in [0.25, 0.3) is 19.4 Å². The maximum absolute atomic E-state index is 10.8. The Morgan fingerprint density at radius 3 is 1.73 bits per heavy atom. The highest BCUT2D eigenvalue weighted by molar-refractivity contribution is 5.76. The normalized spacial score (nSPS) is 10.8. The molecule has 0 aliphatic carbocycles. The van der Waals surface area contributed by atoms with E-state index in [0.717, 1.165) is 22.3 Å². The molecule has 9 nitrogen and oxygen atoms in total. The van der Waals surface area contributed by atoms with E-state index < -0.39 is 0 Å². The monoisotopic (exact) mass is 493 g/mol. The molecule has 1 aromatic carbocycles. The van der Waals surface area contributed by atoms with E-state index in [1.807, 2.05) is 18.2 Å². The summed E-state index contributed by atoms with van der Waals surface area (Å²) >= 11 is 0. The van der Waals surface area contributed by atoms with Crippen LogP contribution in [0.5, 0.6) is 5.75 Å². The lowest BCUT2D eigenvalue weighted by molar-refractivity contribution is -0.124. The highest BCUT2D eigenvalue weighted by Crippen LogP contribution is 2.31. The van der Waals surface area contributed by atoms with E-state index in [9.17, 15) is 14.4 Å². The first-order valence-corrected chi connectivity index (χ1v) is 10.9. The molecule has 3 aromatic heterocycles. The molecule has 0 unspecified atom stereocenters. The molecule has 0 saturated carbocycles. The third-order valence-corrected chi connectivity index (χ3v) is 5.06. The second-order valence-corrected chi connectivity index (χ2v) is 7.39. The minimum atomic E-state index is 0.333. The summed E-state index contributed by atoms with van der Waals surface area (Å²) in [5.74, 6) is 0.397. The molecule has 0 radical (unpaired) electrons. The summed E-state index contributed by atoms with van der Waals surface area (Å²) in [5, 5.41) is 0. The fourth-order valence-electron chi connectivity index (χ4n) is 3.45. The second-order valence-electron chi connectivity index (χ2n) is 7.39. The van der Waals surface area contributed by atoms with Crippen LogP contribution in [0.3, 0.4) is 0 Å². The van der Waals surface area contributed by atoms with E-state index in [-0.39, 0.29) is 0 Å². The third-order valence-electron chi connectivity index (χ3n) is 5.06. The molecular formula is C28H19N3O6. The van der Waals surface area contributed by atoms with Gasteiger partial charge >= 0.3 is 0 Å². The molecule has 0 bridgehead atoms. The van der Waals surface area contributed by atoms with Crippen molar-refractivity contribution in [1.29, 1.82) is 0 Å². The summed E-state index contributed by atoms with van der Waals surface area (Å²) in [5.41, 5.74) is 5.36. The molecular weight excluding hydrogens is 474 g/mol. The number of ether oxygens (including phenoxy) is 3. The predicted molar refractivity (Wildman–Crippen MR) is 135 cm³/mol. The van der Waals surface area contributed by atoms with Crippen LogP contribution in [-0.2, 0) is 23.9 Å². The Labute approximate surface area is 211 Å². The Balaban J connectivity index is 1.83. The summed E-state index contributed by atoms with van der Waals surface area (Å²) < 4.78 is 14.3. The first-order valence-electron chi connectivity index (χ1n) is 10.9. The average Bonchev–Trinajstić information content (AvgIpc) is 2.94. The van der Waals surface area contributed by atoms with E-state index in [2.05, 4.69) is 19.4 Å². The van der Waals surface area contributed by atoms with Gasteiger partial charge in [0.2, 0.25) is 0 Å². The molecule has 0 fully saturated rings. The predicted octanol–water partition coefficient (Wildman–Crippen LogP) is 4.70. The largest absolute Gasteiger partial charge is 0.437 e. The average molecular weight is 493 g/mol. The number of hydrogen-bond acceptors (Lipinski definition) is 9. The van der Waals surface area contributed by atoms with Crippen molar-refractivity contribution in [1.82, 2.24) is 15.0 Å². The molecule has 0 N–H and O–H groups in total. The molecule has 0 amide bonds. The van der Waals surface area contributed by atoms with Crippen LogP contribution in [-0.4, -0.2) is 34.4 Å². The van der Waals surface area contributed by atoms with Crippen LogP contribution >= 0.6 is 0 Å². The Bertz CT molecular complexity index is 1400. The lowest BCUT2D eigenvalue weighted by Gasteiger charge is -2.11. The van der Waals surface area contributed by atoms with Crippen molar-refractivity contribution in [3.63, 3.8) is 0 Å². The van der Waals surface area contributed by atoms with Crippen molar-refractivity contribution in [3.05, 3.63) is 96.7 Å². The molecule has 9 heteroatoms. The van der Waals surface area contributed by atoms with Crippen LogP contribution in [0.25, 0.3) is 46.1 Å². The van der Waals surface area contributed by atoms with E-state index in [4.69, 9.17) is 9.72 Å². The SMILES string of the molecule is O=CO/C=C/c1ccnc(-c2cc(-c3cccc(OC=O)c3)cc(-c3cc(/C=C/OC=O)ccn3)n2)c1. The van der Waals surface area contributed by atoms with Crippen molar-refractivity contribution >= 4 is 31.6 Å². The summed E-state index contributed by atoms with van der Waals surface area (Å²) in [6, 6.07) is 17.9. The number of carbonyl (C=O) groups is 3. The van der Waals surface area contributed by atoms with Gasteiger partial charge in [0, 0.05) is 12.4 Å². The number of rotatable bonds is 11. The Morgan fingerprint density at radius 1 is 0.595 bits per heavy atom. The summed E-state index contributed by atoms with van der Waals surface area (Å²) in [4.78, 5) is 45.4.